The zero-order chi connectivity index (χ0) is 21.3. The summed E-state index contributed by atoms with van der Waals surface area (Å²) in [7, 11) is 0. The highest BCUT2D eigenvalue weighted by Crippen LogP contribution is 2.52. The molecule has 1 aromatic carbocycles. The number of aryl methyl sites for hydroxylation is 1. The molecule has 2 heterocycles. The molecule has 1 saturated carbocycles. The van der Waals surface area contributed by atoms with Gasteiger partial charge in [-0.15, -0.1) is 0 Å². The predicted molar refractivity (Wildman–Crippen MR) is 112 cm³/mol. The minimum absolute atomic E-state index is 0.0798. The highest BCUT2D eigenvalue weighted by atomic mass is 19.2. The number of halogens is 2. The van der Waals surface area contributed by atoms with E-state index in [2.05, 4.69) is 26.5 Å². The molecule has 3 aromatic rings. The van der Waals surface area contributed by atoms with Gasteiger partial charge >= 0.3 is 0 Å². The van der Waals surface area contributed by atoms with E-state index in [-0.39, 0.29) is 17.5 Å². The summed E-state index contributed by atoms with van der Waals surface area (Å²) < 4.78 is 30.2. The van der Waals surface area contributed by atoms with Crippen molar-refractivity contribution in [3.05, 3.63) is 96.3 Å². The van der Waals surface area contributed by atoms with Crippen LogP contribution in [0.1, 0.15) is 36.3 Å². The summed E-state index contributed by atoms with van der Waals surface area (Å²) in [6.07, 6.45) is 10.8. The maximum Gasteiger partial charge on any atom is 0.182 e. The fourth-order valence-electron chi connectivity index (χ4n) is 3.50. The third-order valence-corrected chi connectivity index (χ3v) is 5.20. The second-order valence-corrected chi connectivity index (χ2v) is 7.33. The lowest BCUT2D eigenvalue weighted by molar-refractivity contribution is 0.502. The van der Waals surface area contributed by atoms with Crippen LogP contribution < -0.4 is 0 Å². The average Bonchev–Trinajstić information content (AvgIpc) is 3.43. The predicted octanol–water partition coefficient (Wildman–Crippen LogP) is 4.93. The van der Waals surface area contributed by atoms with E-state index in [1.807, 2.05) is 6.92 Å². The number of benzene rings is 1. The van der Waals surface area contributed by atoms with Crippen LogP contribution in [0.15, 0.2) is 72.5 Å². The summed E-state index contributed by atoms with van der Waals surface area (Å²) in [4.78, 5) is 16.9. The fourth-order valence-corrected chi connectivity index (χ4v) is 3.50. The first-order valence-electron chi connectivity index (χ1n) is 9.62. The van der Waals surface area contributed by atoms with Crippen LogP contribution in [0.5, 0.6) is 0 Å². The largest absolute Gasteiger partial charge is 0.303 e. The molecule has 5 nitrogen and oxygen atoms in total. The van der Waals surface area contributed by atoms with Crippen LogP contribution >= 0.6 is 0 Å². The van der Waals surface area contributed by atoms with Crippen molar-refractivity contribution >= 4 is 5.71 Å². The summed E-state index contributed by atoms with van der Waals surface area (Å²) in [5, 5.41) is 0. The van der Waals surface area contributed by atoms with Gasteiger partial charge in [0.2, 0.25) is 0 Å². The van der Waals surface area contributed by atoms with Crippen molar-refractivity contribution in [2.45, 2.75) is 26.2 Å². The lowest BCUT2D eigenvalue weighted by atomic mass is 10.0. The van der Waals surface area contributed by atoms with E-state index in [9.17, 15) is 8.78 Å². The summed E-state index contributed by atoms with van der Waals surface area (Å²) in [5.41, 5.74) is 3.28. The number of aliphatic imine (C=N–C) groups is 1. The van der Waals surface area contributed by atoms with E-state index in [1.165, 1.54) is 17.0 Å². The standard InChI is InChI=1S/C23H21F2N5/c1-4-16(11-28-15(3)23-26-6-5-7-27-23)18-10-19(18)17-8-20(24)22(25)21(9-17)30-12-14(2)29-13-30/h4-9,11-13,18-19H,1,10H2,2-3H3/b16-11+,28-15?. The molecule has 1 aliphatic carbocycles. The Morgan fingerprint density at radius 1 is 1.23 bits per heavy atom. The SMILES string of the molecule is C=C/C(=C\N=C(C)c1ncccn1)C1CC1c1cc(F)c(F)c(-n2cnc(C)c2)c1. The molecule has 0 radical (unpaired) electrons. The smallest absolute Gasteiger partial charge is 0.182 e. The van der Waals surface area contributed by atoms with Gasteiger partial charge < -0.3 is 4.57 Å². The molecule has 2 atom stereocenters. The zero-order valence-electron chi connectivity index (χ0n) is 16.8. The Balaban J connectivity index is 1.59. The molecular formula is C23H21F2N5. The first-order valence-corrected chi connectivity index (χ1v) is 9.62. The van der Waals surface area contributed by atoms with Crippen molar-refractivity contribution in [1.29, 1.82) is 0 Å². The normalized spacial score (nSPS) is 19.1. The molecule has 2 unspecified atom stereocenters. The van der Waals surface area contributed by atoms with Crippen LogP contribution in [0.25, 0.3) is 5.69 Å². The average molecular weight is 405 g/mol. The molecule has 1 aliphatic rings. The number of nitrogens with zero attached hydrogens (tertiary/aromatic N) is 5. The summed E-state index contributed by atoms with van der Waals surface area (Å²) >= 11 is 0. The molecule has 0 N–H and O–H groups in total. The topological polar surface area (TPSA) is 56.0 Å². The summed E-state index contributed by atoms with van der Waals surface area (Å²) in [5.74, 6) is -0.950. The molecule has 152 valence electrons. The number of hydrogen-bond donors (Lipinski definition) is 0. The van der Waals surface area contributed by atoms with Gasteiger partial charge in [0.25, 0.3) is 0 Å². The molecule has 0 amide bonds. The zero-order valence-corrected chi connectivity index (χ0v) is 16.8. The Kier molecular flexibility index (Phi) is 5.35. The second kappa shape index (κ2) is 8.10. The van der Waals surface area contributed by atoms with Gasteiger partial charge in [-0.1, -0.05) is 12.7 Å². The van der Waals surface area contributed by atoms with E-state index in [1.54, 1.807) is 49.9 Å². The molecule has 30 heavy (non-hydrogen) atoms. The van der Waals surface area contributed by atoms with Crippen molar-refractivity contribution in [1.82, 2.24) is 19.5 Å². The second-order valence-electron chi connectivity index (χ2n) is 7.33. The van der Waals surface area contributed by atoms with E-state index < -0.39 is 11.6 Å². The monoisotopic (exact) mass is 405 g/mol. The molecule has 2 aromatic heterocycles. The third-order valence-electron chi connectivity index (χ3n) is 5.20. The Labute approximate surface area is 173 Å². The summed E-state index contributed by atoms with van der Waals surface area (Å²) in [6.45, 7) is 7.53. The molecular weight excluding hydrogens is 384 g/mol. The number of rotatable bonds is 6. The molecule has 1 fully saturated rings. The van der Waals surface area contributed by atoms with Crippen molar-refractivity contribution in [3.63, 3.8) is 0 Å². The third kappa shape index (κ3) is 3.96. The van der Waals surface area contributed by atoms with Gasteiger partial charge in [-0.25, -0.2) is 23.7 Å². The molecule has 0 spiro atoms. The van der Waals surface area contributed by atoms with Crippen molar-refractivity contribution in [2.24, 2.45) is 10.9 Å². The van der Waals surface area contributed by atoms with Crippen molar-refractivity contribution < 1.29 is 8.78 Å². The highest BCUT2D eigenvalue weighted by Gasteiger charge is 2.40. The Hall–Kier alpha value is -3.48. The van der Waals surface area contributed by atoms with Crippen LogP contribution in [-0.4, -0.2) is 25.2 Å². The van der Waals surface area contributed by atoms with Crippen LogP contribution in [0.2, 0.25) is 0 Å². The minimum atomic E-state index is -0.879. The number of allylic oxidation sites excluding steroid dienone is 2. The molecule has 4 rings (SSSR count). The van der Waals surface area contributed by atoms with Crippen LogP contribution in [0, 0.1) is 24.5 Å². The van der Waals surface area contributed by atoms with E-state index in [4.69, 9.17) is 0 Å². The van der Waals surface area contributed by atoms with Gasteiger partial charge in [-0.2, -0.15) is 0 Å². The van der Waals surface area contributed by atoms with Crippen molar-refractivity contribution in [2.75, 3.05) is 0 Å². The lowest BCUT2D eigenvalue weighted by Gasteiger charge is -2.09. The van der Waals surface area contributed by atoms with Gasteiger partial charge in [-0.3, -0.25) is 4.99 Å². The van der Waals surface area contributed by atoms with Crippen LogP contribution in [0.4, 0.5) is 8.78 Å². The minimum Gasteiger partial charge on any atom is -0.303 e. The molecule has 0 saturated heterocycles. The van der Waals surface area contributed by atoms with Gasteiger partial charge in [0.05, 0.1) is 23.4 Å². The van der Waals surface area contributed by atoms with Gasteiger partial charge in [-0.05, 0) is 61.4 Å². The summed E-state index contributed by atoms with van der Waals surface area (Å²) in [6, 6.07) is 4.72. The Bertz CT molecular complexity index is 1150. The van der Waals surface area contributed by atoms with Gasteiger partial charge in [0, 0.05) is 24.8 Å². The highest BCUT2D eigenvalue weighted by molar-refractivity contribution is 5.95. The van der Waals surface area contributed by atoms with E-state index in [0.717, 1.165) is 23.3 Å². The molecule has 7 heteroatoms. The fraction of sp³-hybridized carbons (Fsp3) is 0.217. The quantitative estimate of drug-likeness (QED) is 0.432. The van der Waals surface area contributed by atoms with E-state index >= 15 is 0 Å². The van der Waals surface area contributed by atoms with Gasteiger partial charge in [0.1, 0.15) is 0 Å². The Morgan fingerprint density at radius 2 is 2.00 bits per heavy atom. The van der Waals surface area contributed by atoms with E-state index in [0.29, 0.717) is 11.5 Å². The lowest BCUT2D eigenvalue weighted by Crippen LogP contribution is -2.01. The Morgan fingerprint density at radius 3 is 2.67 bits per heavy atom. The number of hydrogen-bond acceptors (Lipinski definition) is 4. The molecule has 0 aliphatic heterocycles. The maximum atomic E-state index is 14.4. The number of imidazole rings is 1. The van der Waals surface area contributed by atoms with Crippen LogP contribution in [0.3, 0.4) is 0 Å². The first-order chi connectivity index (χ1) is 14.5. The number of aromatic nitrogens is 4. The maximum absolute atomic E-state index is 14.4. The van der Waals surface area contributed by atoms with Crippen molar-refractivity contribution in [3.8, 4) is 5.69 Å². The van der Waals surface area contributed by atoms with Crippen LogP contribution in [-0.2, 0) is 0 Å². The molecule has 0 bridgehead atoms. The first kappa shape index (κ1) is 19.8. The van der Waals surface area contributed by atoms with Gasteiger partial charge in [0.15, 0.2) is 17.5 Å².